The van der Waals surface area contributed by atoms with Crippen molar-refractivity contribution in [3.63, 3.8) is 0 Å². The summed E-state index contributed by atoms with van der Waals surface area (Å²) < 4.78 is 7.66. The van der Waals surface area contributed by atoms with Crippen LogP contribution in [-0.4, -0.2) is 29.3 Å². The van der Waals surface area contributed by atoms with Crippen LogP contribution in [0.2, 0.25) is 0 Å². The second-order valence-corrected chi connectivity index (χ2v) is 13.9. The molecule has 0 atom stereocenters. The zero-order valence-corrected chi connectivity index (χ0v) is 25.4. The number of aryl methyl sites for hydroxylation is 1. The maximum absolute atomic E-state index is 14.3. The summed E-state index contributed by atoms with van der Waals surface area (Å²) in [6.45, 7) is 7.19. The summed E-state index contributed by atoms with van der Waals surface area (Å²) in [5.74, 6) is 1.37. The van der Waals surface area contributed by atoms with E-state index in [0.29, 0.717) is 11.9 Å². The van der Waals surface area contributed by atoms with Gasteiger partial charge in [0.2, 0.25) is 5.91 Å². The molecule has 5 nitrogen and oxygen atoms in total. The van der Waals surface area contributed by atoms with E-state index in [4.69, 9.17) is 4.74 Å². The van der Waals surface area contributed by atoms with Crippen LogP contribution in [0, 0.1) is 18.3 Å². The molecule has 8 rings (SSSR count). The van der Waals surface area contributed by atoms with Gasteiger partial charge in [-0.1, -0.05) is 36.4 Å². The fourth-order valence-corrected chi connectivity index (χ4v) is 8.15. The van der Waals surface area contributed by atoms with Crippen molar-refractivity contribution in [1.82, 2.24) is 9.78 Å². The number of hydrogen-bond donors (Lipinski definition) is 0. The minimum Gasteiger partial charge on any atom is -0.496 e. The minimum absolute atomic E-state index is 0.0849. The molecule has 5 saturated carbocycles. The third-order valence-electron chi connectivity index (χ3n) is 11.2. The maximum Gasteiger partial charge on any atom is 0.230 e. The van der Waals surface area contributed by atoms with Crippen molar-refractivity contribution < 1.29 is 9.53 Å². The molecule has 3 aromatic rings. The van der Waals surface area contributed by atoms with Crippen LogP contribution in [0.25, 0.3) is 11.1 Å². The lowest BCUT2D eigenvalue weighted by Crippen LogP contribution is -2.51. The van der Waals surface area contributed by atoms with E-state index in [1.807, 2.05) is 6.20 Å². The van der Waals surface area contributed by atoms with Crippen molar-refractivity contribution in [2.24, 2.45) is 11.3 Å². The molecule has 1 heterocycles. The highest BCUT2D eigenvalue weighted by Crippen LogP contribution is 2.58. The van der Waals surface area contributed by atoms with E-state index in [2.05, 4.69) is 76.8 Å². The van der Waals surface area contributed by atoms with Crippen molar-refractivity contribution in [1.29, 1.82) is 0 Å². The van der Waals surface area contributed by atoms with E-state index in [1.54, 1.807) is 7.11 Å². The second-order valence-electron chi connectivity index (χ2n) is 13.9. The van der Waals surface area contributed by atoms with E-state index in [9.17, 15) is 4.79 Å². The first-order chi connectivity index (χ1) is 20.4. The van der Waals surface area contributed by atoms with Crippen LogP contribution in [0.5, 0.6) is 5.75 Å². The van der Waals surface area contributed by atoms with Crippen LogP contribution >= 0.6 is 0 Å². The molecule has 1 aromatic heterocycles. The number of methoxy groups -OCH3 is 1. The predicted molar refractivity (Wildman–Crippen MR) is 169 cm³/mol. The smallest absolute Gasteiger partial charge is 0.230 e. The van der Waals surface area contributed by atoms with Crippen molar-refractivity contribution in [3.05, 3.63) is 78.1 Å². The van der Waals surface area contributed by atoms with E-state index < -0.39 is 0 Å². The van der Waals surface area contributed by atoms with Gasteiger partial charge in [-0.05, 0) is 130 Å². The number of ether oxygens (including phenoxy) is 1. The summed E-state index contributed by atoms with van der Waals surface area (Å²) in [5, 5.41) is 4.64. The molecule has 5 fully saturated rings. The van der Waals surface area contributed by atoms with Crippen molar-refractivity contribution in [2.45, 2.75) is 95.4 Å². The molecule has 0 radical (unpaired) electrons. The minimum atomic E-state index is 0.0849. The van der Waals surface area contributed by atoms with Gasteiger partial charge >= 0.3 is 0 Å². The number of fused-ring (bicyclic) bond motifs is 3. The Labute approximate surface area is 251 Å². The Morgan fingerprint density at radius 3 is 2.40 bits per heavy atom. The van der Waals surface area contributed by atoms with Crippen LogP contribution < -0.4 is 9.64 Å². The molecule has 2 aromatic carbocycles. The third-order valence-corrected chi connectivity index (χ3v) is 11.2. The summed E-state index contributed by atoms with van der Waals surface area (Å²) in [7, 11) is 1.75. The lowest BCUT2D eigenvalue weighted by Gasteiger charge is -2.55. The van der Waals surface area contributed by atoms with Crippen LogP contribution in [0.4, 0.5) is 5.69 Å². The number of allylic oxidation sites excluding steroid dienone is 1. The standard InChI is InChI=1S/C37H45N3O2/c1-26-7-9-28(10-8-26)35(41)39(33-6-4-5-29(22-33)30-23-38-40(24-30)32-12-13-32)25-36-15-18-37(19-16-36,20-17-36)31-11-14-34(42-3)27(2)21-31/h4-6,11,14,21-24,28,32H,1,7-10,12-13,15-20,25H2,2-3H3. The molecule has 0 unspecified atom stereocenters. The molecule has 0 N–H and O–H groups in total. The fourth-order valence-electron chi connectivity index (χ4n) is 8.15. The quantitative estimate of drug-likeness (QED) is 0.258. The van der Waals surface area contributed by atoms with Gasteiger partial charge in [0.25, 0.3) is 0 Å². The van der Waals surface area contributed by atoms with Gasteiger partial charge in [0.1, 0.15) is 5.75 Å². The summed E-state index contributed by atoms with van der Waals surface area (Å²) >= 11 is 0. The lowest BCUT2D eigenvalue weighted by atomic mass is 9.51. The van der Waals surface area contributed by atoms with Crippen molar-refractivity contribution in [3.8, 4) is 16.9 Å². The number of benzene rings is 2. The summed E-state index contributed by atoms with van der Waals surface area (Å²) in [5.41, 5.74) is 7.77. The fraction of sp³-hybridized carbons (Fsp3) is 0.514. The van der Waals surface area contributed by atoms with Crippen LogP contribution in [0.3, 0.4) is 0 Å². The molecule has 5 heteroatoms. The average Bonchev–Trinajstić information content (AvgIpc) is 3.76. The van der Waals surface area contributed by atoms with Gasteiger partial charge in [0.05, 0.1) is 19.3 Å². The number of nitrogens with zero attached hydrogens (tertiary/aromatic N) is 3. The Morgan fingerprint density at radius 1 is 1.00 bits per heavy atom. The SMILES string of the molecule is C=C1CCC(C(=O)N(CC23CCC(c4ccc(OC)c(C)c4)(CC2)CC3)c2cccc(-c3cnn(C4CC4)c3)c2)CC1. The monoisotopic (exact) mass is 563 g/mol. The molecule has 220 valence electrons. The molecule has 5 aliphatic carbocycles. The van der Waals surface area contributed by atoms with Gasteiger partial charge in [-0.25, -0.2) is 0 Å². The second kappa shape index (κ2) is 10.7. The normalized spacial score (nSPS) is 25.9. The van der Waals surface area contributed by atoms with E-state index in [-0.39, 0.29) is 16.7 Å². The first-order valence-electron chi connectivity index (χ1n) is 16.1. The van der Waals surface area contributed by atoms with Gasteiger partial charge in [-0.3, -0.25) is 9.48 Å². The Bertz CT molecular complexity index is 1460. The van der Waals surface area contributed by atoms with Gasteiger partial charge in [-0.2, -0.15) is 5.10 Å². The maximum atomic E-state index is 14.3. The average molecular weight is 564 g/mol. The van der Waals surface area contributed by atoms with Gasteiger partial charge in [0.15, 0.2) is 0 Å². The number of aromatic nitrogens is 2. The Kier molecular flexibility index (Phi) is 7.03. The Hall–Kier alpha value is -3.34. The number of carbonyl (C=O) groups excluding carboxylic acids is 1. The molecule has 0 saturated heterocycles. The van der Waals surface area contributed by atoms with Gasteiger partial charge < -0.3 is 9.64 Å². The first kappa shape index (κ1) is 27.5. The van der Waals surface area contributed by atoms with E-state index >= 15 is 0 Å². The van der Waals surface area contributed by atoms with Crippen molar-refractivity contribution in [2.75, 3.05) is 18.6 Å². The number of rotatable bonds is 8. The van der Waals surface area contributed by atoms with Crippen LogP contribution in [0.1, 0.15) is 94.2 Å². The summed E-state index contributed by atoms with van der Waals surface area (Å²) in [6, 6.07) is 16.0. The highest BCUT2D eigenvalue weighted by atomic mass is 16.5. The number of anilines is 1. The summed E-state index contributed by atoms with van der Waals surface area (Å²) in [6.07, 6.45) is 17.5. The predicted octanol–water partition coefficient (Wildman–Crippen LogP) is 8.57. The number of amides is 1. The number of hydrogen-bond acceptors (Lipinski definition) is 3. The zero-order valence-electron chi connectivity index (χ0n) is 25.4. The highest BCUT2D eigenvalue weighted by molar-refractivity contribution is 5.96. The molecule has 42 heavy (non-hydrogen) atoms. The molecule has 2 bridgehead atoms. The number of carbonyl (C=O) groups is 1. The molecule has 0 spiro atoms. The zero-order chi connectivity index (χ0) is 28.9. The first-order valence-corrected chi connectivity index (χ1v) is 16.1. The van der Waals surface area contributed by atoms with Gasteiger partial charge in [-0.15, -0.1) is 0 Å². The topological polar surface area (TPSA) is 47.4 Å². The van der Waals surface area contributed by atoms with Crippen LogP contribution in [0.15, 0.2) is 67.0 Å². The molecular formula is C37H45N3O2. The summed E-state index contributed by atoms with van der Waals surface area (Å²) in [4.78, 5) is 16.5. The Morgan fingerprint density at radius 2 is 1.74 bits per heavy atom. The molecule has 0 aliphatic heterocycles. The third kappa shape index (κ3) is 5.09. The molecule has 1 amide bonds. The Balaban J connectivity index is 1.15. The molecular weight excluding hydrogens is 518 g/mol. The van der Waals surface area contributed by atoms with Crippen molar-refractivity contribution >= 4 is 11.6 Å². The van der Waals surface area contributed by atoms with E-state index in [0.717, 1.165) is 54.8 Å². The highest BCUT2D eigenvalue weighted by Gasteiger charge is 2.50. The largest absolute Gasteiger partial charge is 0.496 e. The van der Waals surface area contributed by atoms with Crippen LogP contribution in [-0.2, 0) is 10.2 Å². The van der Waals surface area contributed by atoms with E-state index in [1.165, 1.54) is 68.1 Å². The van der Waals surface area contributed by atoms with Gasteiger partial charge in [0, 0.05) is 29.9 Å². The molecule has 5 aliphatic rings. The lowest BCUT2D eigenvalue weighted by molar-refractivity contribution is -0.123.